The van der Waals surface area contributed by atoms with Crippen LogP contribution in [0.15, 0.2) is 72.8 Å². The van der Waals surface area contributed by atoms with Crippen LogP contribution in [0.4, 0.5) is 5.69 Å². The summed E-state index contributed by atoms with van der Waals surface area (Å²) >= 11 is 0. The highest BCUT2D eigenvalue weighted by Crippen LogP contribution is 2.26. The molecule has 0 aromatic heterocycles. The maximum atomic E-state index is 6.03. The third-order valence-electron chi connectivity index (χ3n) is 5.20. The highest BCUT2D eigenvalue weighted by Gasteiger charge is 2.17. The van der Waals surface area contributed by atoms with Crippen LogP contribution in [-0.4, -0.2) is 18.5 Å². The molecule has 1 aliphatic rings. The first-order chi connectivity index (χ1) is 13.3. The van der Waals surface area contributed by atoms with Gasteiger partial charge in [0.15, 0.2) is 0 Å². The van der Waals surface area contributed by atoms with Crippen molar-refractivity contribution in [3.8, 4) is 5.75 Å². The van der Waals surface area contributed by atoms with Crippen molar-refractivity contribution in [2.45, 2.75) is 26.1 Å². The molecular formula is C24H26N2O. The first-order valence-corrected chi connectivity index (χ1v) is 9.58. The van der Waals surface area contributed by atoms with Crippen LogP contribution in [0, 0.1) is 0 Å². The van der Waals surface area contributed by atoms with Gasteiger partial charge in [-0.2, -0.15) is 0 Å². The molecule has 0 aliphatic carbocycles. The Kier molecular flexibility index (Phi) is 5.40. The van der Waals surface area contributed by atoms with E-state index in [0.29, 0.717) is 6.61 Å². The molecule has 4 rings (SSSR count). The molecule has 1 N–H and O–H groups in total. The van der Waals surface area contributed by atoms with Crippen LogP contribution < -0.4 is 10.1 Å². The molecule has 138 valence electrons. The van der Waals surface area contributed by atoms with Crippen molar-refractivity contribution in [3.63, 3.8) is 0 Å². The van der Waals surface area contributed by atoms with Crippen molar-refractivity contribution in [2.24, 2.45) is 0 Å². The smallest absolute Gasteiger partial charge is 0.120 e. The number of nitrogens with one attached hydrogen (secondary N) is 1. The summed E-state index contributed by atoms with van der Waals surface area (Å²) in [5.41, 5.74) is 6.57. The topological polar surface area (TPSA) is 24.5 Å². The van der Waals surface area contributed by atoms with E-state index in [9.17, 15) is 0 Å². The van der Waals surface area contributed by atoms with E-state index in [2.05, 4.69) is 58.7 Å². The largest absolute Gasteiger partial charge is 0.489 e. The van der Waals surface area contributed by atoms with Crippen molar-refractivity contribution in [3.05, 3.63) is 95.1 Å². The van der Waals surface area contributed by atoms with Gasteiger partial charge in [-0.1, -0.05) is 54.6 Å². The molecule has 0 saturated heterocycles. The summed E-state index contributed by atoms with van der Waals surface area (Å²) < 4.78 is 6.03. The van der Waals surface area contributed by atoms with Crippen molar-refractivity contribution in [1.82, 2.24) is 4.90 Å². The molecule has 3 aromatic rings. The number of fused-ring (bicyclic) bond motifs is 1. The number of hydrogen-bond donors (Lipinski definition) is 1. The van der Waals surface area contributed by atoms with Crippen LogP contribution in [-0.2, 0) is 26.1 Å². The monoisotopic (exact) mass is 358 g/mol. The number of hydrogen-bond acceptors (Lipinski definition) is 3. The minimum atomic E-state index is 0.594. The first kappa shape index (κ1) is 17.6. The van der Waals surface area contributed by atoms with Crippen LogP contribution >= 0.6 is 0 Å². The maximum absolute atomic E-state index is 6.03. The Labute approximate surface area is 161 Å². The van der Waals surface area contributed by atoms with Crippen molar-refractivity contribution in [2.75, 3.05) is 18.9 Å². The van der Waals surface area contributed by atoms with E-state index >= 15 is 0 Å². The number of benzene rings is 3. The second-order valence-corrected chi connectivity index (χ2v) is 7.07. The van der Waals surface area contributed by atoms with Crippen molar-refractivity contribution in [1.29, 1.82) is 0 Å². The van der Waals surface area contributed by atoms with Crippen LogP contribution in [0.3, 0.4) is 0 Å². The van der Waals surface area contributed by atoms with Gasteiger partial charge in [0, 0.05) is 32.4 Å². The zero-order valence-electron chi connectivity index (χ0n) is 15.8. The number of anilines is 1. The minimum absolute atomic E-state index is 0.594. The standard InChI is InChI=1S/C24H26N2O/c1-25-24-12-11-23(27-18-19-7-3-2-4-8-19)15-22(24)17-26-14-13-20-9-5-6-10-21(20)16-26/h2-12,15,25H,13-14,16-18H2,1H3. The lowest BCUT2D eigenvalue weighted by Crippen LogP contribution is -2.30. The highest BCUT2D eigenvalue weighted by molar-refractivity contribution is 5.54. The molecule has 3 nitrogen and oxygen atoms in total. The van der Waals surface area contributed by atoms with Crippen molar-refractivity contribution < 1.29 is 4.74 Å². The molecule has 0 radical (unpaired) electrons. The Morgan fingerprint density at radius 3 is 2.52 bits per heavy atom. The molecule has 27 heavy (non-hydrogen) atoms. The Bertz CT molecular complexity index is 892. The van der Waals surface area contributed by atoms with Gasteiger partial charge in [-0.25, -0.2) is 0 Å². The SMILES string of the molecule is CNc1ccc(OCc2ccccc2)cc1CN1CCc2ccccc2C1. The number of rotatable bonds is 6. The molecule has 3 heteroatoms. The van der Waals surface area contributed by atoms with Gasteiger partial charge < -0.3 is 10.1 Å². The summed E-state index contributed by atoms with van der Waals surface area (Å²) in [5.74, 6) is 0.922. The summed E-state index contributed by atoms with van der Waals surface area (Å²) in [4.78, 5) is 2.51. The summed E-state index contributed by atoms with van der Waals surface area (Å²) in [6.45, 7) is 3.62. The van der Waals surface area contributed by atoms with Gasteiger partial charge in [0.2, 0.25) is 0 Å². The van der Waals surface area contributed by atoms with E-state index in [1.807, 2.05) is 31.3 Å². The van der Waals surface area contributed by atoms with Crippen molar-refractivity contribution >= 4 is 5.69 Å². The minimum Gasteiger partial charge on any atom is -0.489 e. The Hall–Kier alpha value is -2.78. The quantitative estimate of drug-likeness (QED) is 0.681. The lowest BCUT2D eigenvalue weighted by molar-refractivity contribution is 0.245. The lowest BCUT2D eigenvalue weighted by atomic mass is 9.99. The van der Waals surface area contributed by atoms with Gasteiger partial charge in [0.1, 0.15) is 12.4 Å². The molecule has 1 heterocycles. The van der Waals surface area contributed by atoms with Gasteiger partial charge in [0.25, 0.3) is 0 Å². The molecule has 1 aliphatic heterocycles. The predicted octanol–water partition coefficient (Wildman–Crippen LogP) is 4.87. The lowest BCUT2D eigenvalue weighted by Gasteiger charge is -2.29. The fraction of sp³-hybridized carbons (Fsp3) is 0.250. The van der Waals surface area contributed by atoms with Gasteiger partial charge in [-0.05, 0) is 46.9 Å². The third-order valence-corrected chi connectivity index (χ3v) is 5.20. The van der Waals surface area contributed by atoms with Gasteiger partial charge in [-0.15, -0.1) is 0 Å². The van der Waals surface area contributed by atoms with Gasteiger partial charge in [-0.3, -0.25) is 4.90 Å². The number of nitrogens with zero attached hydrogens (tertiary/aromatic N) is 1. The summed E-state index contributed by atoms with van der Waals surface area (Å²) in [7, 11) is 1.98. The highest BCUT2D eigenvalue weighted by atomic mass is 16.5. The predicted molar refractivity (Wildman–Crippen MR) is 111 cm³/mol. The fourth-order valence-electron chi connectivity index (χ4n) is 3.71. The van der Waals surface area contributed by atoms with Gasteiger partial charge in [0.05, 0.1) is 0 Å². The maximum Gasteiger partial charge on any atom is 0.120 e. The Morgan fingerprint density at radius 1 is 0.926 bits per heavy atom. The van der Waals surface area contributed by atoms with Crippen LogP contribution in [0.25, 0.3) is 0 Å². The van der Waals surface area contributed by atoms with E-state index < -0.39 is 0 Å². The Balaban J connectivity index is 1.46. The second kappa shape index (κ2) is 8.28. The second-order valence-electron chi connectivity index (χ2n) is 7.07. The summed E-state index contributed by atoms with van der Waals surface area (Å²) in [6.07, 6.45) is 1.12. The average Bonchev–Trinajstić information content (AvgIpc) is 2.73. The van der Waals surface area contributed by atoms with E-state index in [4.69, 9.17) is 4.74 Å². The van der Waals surface area contributed by atoms with E-state index in [1.165, 1.54) is 27.9 Å². The van der Waals surface area contributed by atoms with Crippen LogP contribution in [0.5, 0.6) is 5.75 Å². The van der Waals surface area contributed by atoms with Crippen LogP contribution in [0.2, 0.25) is 0 Å². The molecule has 3 aromatic carbocycles. The normalized spacial score (nSPS) is 13.8. The molecule has 0 atom stereocenters. The molecule has 0 unspecified atom stereocenters. The van der Waals surface area contributed by atoms with E-state index in [-0.39, 0.29) is 0 Å². The molecule has 0 amide bonds. The molecule has 0 saturated carbocycles. The summed E-state index contributed by atoms with van der Waals surface area (Å²) in [5, 5.41) is 3.32. The molecule has 0 bridgehead atoms. The summed E-state index contributed by atoms with van der Waals surface area (Å²) in [6, 6.07) is 25.4. The first-order valence-electron chi connectivity index (χ1n) is 9.58. The van der Waals surface area contributed by atoms with E-state index in [1.54, 1.807) is 0 Å². The zero-order chi connectivity index (χ0) is 18.5. The zero-order valence-corrected chi connectivity index (χ0v) is 15.8. The number of ether oxygens (including phenoxy) is 1. The average molecular weight is 358 g/mol. The fourth-order valence-corrected chi connectivity index (χ4v) is 3.71. The van der Waals surface area contributed by atoms with Gasteiger partial charge >= 0.3 is 0 Å². The van der Waals surface area contributed by atoms with Crippen LogP contribution in [0.1, 0.15) is 22.3 Å². The van der Waals surface area contributed by atoms with E-state index in [0.717, 1.165) is 31.8 Å². The Morgan fingerprint density at radius 2 is 1.70 bits per heavy atom. The molecular weight excluding hydrogens is 332 g/mol. The molecule has 0 spiro atoms. The third kappa shape index (κ3) is 4.32. The molecule has 0 fully saturated rings.